The predicted octanol–water partition coefficient (Wildman–Crippen LogP) is 2.12. The summed E-state index contributed by atoms with van der Waals surface area (Å²) in [4.78, 5) is 12.4. The van der Waals surface area contributed by atoms with Crippen LogP contribution in [0.2, 0.25) is 0 Å². The van der Waals surface area contributed by atoms with Gasteiger partial charge in [0.25, 0.3) is 5.91 Å². The lowest BCUT2D eigenvalue weighted by Gasteiger charge is -2.19. The van der Waals surface area contributed by atoms with Crippen LogP contribution in [-0.2, 0) is 10.0 Å². The summed E-state index contributed by atoms with van der Waals surface area (Å²) in [5, 5.41) is 3.02. The van der Waals surface area contributed by atoms with Crippen LogP contribution >= 0.6 is 12.4 Å². The van der Waals surface area contributed by atoms with Crippen LogP contribution in [0.5, 0.6) is 0 Å². The van der Waals surface area contributed by atoms with Crippen molar-refractivity contribution in [3.63, 3.8) is 0 Å². The zero-order chi connectivity index (χ0) is 16.9. The van der Waals surface area contributed by atoms with Crippen molar-refractivity contribution in [2.75, 3.05) is 17.0 Å². The molecule has 1 aliphatic carbocycles. The van der Waals surface area contributed by atoms with Crippen molar-refractivity contribution in [1.29, 1.82) is 0 Å². The molecular weight excluding hydrogens is 350 g/mol. The van der Waals surface area contributed by atoms with Gasteiger partial charge < -0.3 is 11.1 Å². The minimum Gasteiger partial charge on any atom is -0.349 e. The van der Waals surface area contributed by atoms with Crippen molar-refractivity contribution in [2.45, 2.75) is 38.6 Å². The van der Waals surface area contributed by atoms with Gasteiger partial charge in [-0.2, -0.15) is 0 Å². The molecule has 1 aliphatic rings. The standard InChI is InChI=1S/C16H25N3O3S.ClH/c1-2-9-23(21,22)19-14-7-3-5-12(10-14)16(20)18-15-8-4-6-13(15)11-17;/h3,5,7,10,13,15,19H,2,4,6,8-9,11,17H2,1H3,(H,18,20);1H. The zero-order valence-electron chi connectivity index (χ0n) is 13.8. The first-order valence-electron chi connectivity index (χ1n) is 8.06. The lowest BCUT2D eigenvalue weighted by Crippen LogP contribution is -2.39. The monoisotopic (exact) mass is 375 g/mol. The third-order valence-electron chi connectivity index (χ3n) is 4.15. The van der Waals surface area contributed by atoms with E-state index in [9.17, 15) is 13.2 Å². The summed E-state index contributed by atoms with van der Waals surface area (Å²) in [6.45, 7) is 2.38. The first-order chi connectivity index (χ1) is 10.9. The molecule has 1 aromatic carbocycles. The van der Waals surface area contributed by atoms with E-state index in [1.807, 2.05) is 0 Å². The van der Waals surface area contributed by atoms with Crippen molar-refractivity contribution in [3.8, 4) is 0 Å². The Bertz CT molecular complexity index is 652. The van der Waals surface area contributed by atoms with E-state index in [0.717, 1.165) is 19.3 Å². The van der Waals surface area contributed by atoms with Gasteiger partial charge in [0.1, 0.15) is 0 Å². The molecule has 2 rings (SSSR count). The quantitative estimate of drug-likeness (QED) is 0.679. The van der Waals surface area contributed by atoms with Crippen LogP contribution in [0.15, 0.2) is 24.3 Å². The summed E-state index contributed by atoms with van der Waals surface area (Å²) in [5.41, 5.74) is 6.59. The van der Waals surface area contributed by atoms with Crippen LogP contribution in [0.3, 0.4) is 0 Å². The second-order valence-electron chi connectivity index (χ2n) is 6.01. The minimum absolute atomic E-state index is 0. The summed E-state index contributed by atoms with van der Waals surface area (Å²) in [5.74, 6) is 0.195. The second-order valence-corrected chi connectivity index (χ2v) is 7.85. The molecule has 2 unspecified atom stereocenters. The fourth-order valence-electron chi connectivity index (χ4n) is 2.98. The van der Waals surface area contributed by atoms with Crippen LogP contribution in [0.1, 0.15) is 43.0 Å². The molecule has 0 spiro atoms. The molecule has 136 valence electrons. The number of anilines is 1. The zero-order valence-corrected chi connectivity index (χ0v) is 15.5. The molecule has 0 aliphatic heterocycles. The number of amides is 1. The Morgan fingerprint density at radius 1 is 1.33 bits per heavy atom. The van der Waals surface area contributed by atoms with Gasteiger partial charge in [-0.1, -0.05) is 19.4 Å². The average molecular weight is 376 g/mol. The lowest BCUT2D eigenvalue weighted by atomic mass is 10.0. The molecule has 6 nitrogen and oxygen atoms in total. The summed E-state index contributed by atoms with van der Waals surface area (Å²) in [6.07, 6.45) is 3.59. The van der Waals surface area contributed by atoms with Gasteiger partial charge in [0.15, 0.2) is 0 Å². The van der Waals surface area contributed by atoms with E-state index in [1.54, 1.807) is 31.2 Å². The highest BCUT2D eigenvalue weighted by Crippen LogP contribution is 2.25. The number of sulfonamides is 1. The maximum atomic E-state index is 12.4. The van der Waals surface area contributed by atoms with E-state index in [2.05, 4.69) is 10.0 Å². The molecule has 0 heterocycles. The molecule has 2 atom stereocenters. The summed E-state index contributed by atoms with van der Waals surface area (Å²) >= 11 is 0. The summed E-state index contributed by atoms with van der Waals surface area (Å²) < 4.78 is 26.1. The molecular formula is C16H26ClN3O3S. The molecule has 1 amide bonds. The Morgan fingerprint density at radius 2 is 2.08 bits per heavy atom. The average Bonchev–Trinajstić information content (AvgIpc) is 2.94. The highest BCUT2D eigenvalue weighted by atomic mass is 35.5. The Labute approximate surface area is 150 Å². The lowest BCUT2D eigenvalue weighted by molar-refractivity contribution is 0.0929. The highest BCUT2D eigenvalue weighted by molar-refractivity contribution is 7.92. The third-order valence-corrected chi connectivity index (χ3v) is 5.64. The molecule has 0 radical (unpaired) electrons. The molecule has 1 aromatic rings. The first-order valence-corrected chi connectivity index (χ1v) is 9.72. The van der Waals surface area contributed by atoms with Gasteiger partial charge in [0.05, 0.1) is 5.75 Å². The molecule has 1 saturated carbocycles. The molecule has 0 bridgehead atoms. The SMILES string of the molecule is CCCS(=O)(=O)Nc1cccc(C(=O)NC2CCCC2CN)c1.Cl. The van der Waals surface area contributed by atoms with Crippen LogP contribution in [0.4, 0.5) is 5.69 Å². The van der Waals surface area contributed by atoms with Crippen molar-refractivity contribution in [3.05, 3.63) is 29.8 Å². The van der Waals surface area contributed by atoms with Crippen LogP contribution in [0.25, 0.3) is 0 Å². The normalized spacial score (nSPS) is 20.2. The predicted molar refractivity (Wildman–Crippen MR) is 99.0 cm³/mol. The second kappa shape index (κ2) is 9.25. The van der Waals surface area contributed by atoms with Crippen LogP contribution < -0.4 is 15.8 Å². The van der Waals surface area contributed by atoms with Crippen molar-refractivity contribution in [2.24, 2.45) is 11.7 Å². The molecule has 24 heavy (non-hydrogen) atoms. The van der Waals surface area contributed by atoms with E-state index in [4.69, 9.17) is 5.73 Å². The smallest absolute Gasteiger partial charge is 0.251 e. The van der Waals surface area contributed by atoms with Gasteiger partial charge in [-0.3, -0.25) is 9.52 Å². The van der Waals surface area contributed by atoms with Crippen molar-refractivity contribution < 1.29 is 13.2 Å². The third kappa shape index (κ3) is 5.65. The van der Waals surface area contributed by atoms with E-state index in [0.29, 0.717) is 30.1 Å². The molecule has 0 aromatic heterocycles. The molecule has 0 saturated heterocycles. The van der Waals surface area contributed by atoms with Gasteiger partial charge in [0, 0.05) is 17.3 Å². The number of benzene rings is 1. The van der Waals surface area contributed by atoms with E-state index in [-0.39, 0.29) is 30.1 Å². The topological polar surface area (TPSA) is 101 Å². The van der Waals surface area contributed by atoms with Gasteiger partial charge in [0.2, 0.25) is 10.0 Å². The van der Waals surface area contributed by atoms with Crippen molar-refractivity contribution in [1.82, 2.24) is 5.32 Å². The fraction of sp³-hybridized carbons (Fsp3) is 0.562. The van der Waals surface area contributed by atoms with E-state index in [1.165, 1.54) is 0 Å². The molecule has 1 fully saturated rings. The number of nitrogens with one attached hydrogen (secondary N) is 2. The fourth-order valence-corrected chi connectivity index (χ4v) is 4.11. The number of carbonyl (C=O) groups is 1. The van der Waals surface area contributed by atoms with Gasteiger partial charge in [-0.05, 0) is 49.9 Å². The summed E-state index contributed by atoms with van der Waals surface area (Å²) in [6, 6.07) is 6.66. The largest absolute Gasteiger partial charge is 0.349 e. The Morgan fingerprint density at radius 3 is 2.75 bits per heavy atom. The van der Waals surface area contributed by atoms with Gasteiger partial charge in [-0.25, -0.2) is 8.42 Å². The van der Waals surface area contributed by atoms with Gasteiger partial charge >= 0.3 is 0 Å². The Balaban J connectivity index is 0.00000288. The number of rotatable bonds is 7. The first kappa shape index (κ1) is 20.7. The maximum Gasteiger partial charge on any atom is 0.251 e. The maximum absolute atomic E-state index is 12.4. The van der Waals surface area contributed by atoms with E-state index < -0.39 is 10.0 Å². The number of nitrogens with two attached hydrogens (primary N) is 1. The number of hydrogen-bond acceptors (Lipinski definition) is 4. The Hall–Kier alpha value is -1.31. The van der Waals surface area contributed by atoms with Crippen LogP contribution in [-0.4, -0.2) is 32.7 Å². The van der Waals surface area contributed by atoms with Crippen molar-refractivity contribution >= 4 is 34.0 Å². The number of halogens is 1. The number of hydrogen-bond donors (Lipinski definition) is 3. The highest BCUT2D eigenvalue weighted by Gasteiger charge is 2.27. The summed E-state index contributed by atoms with van der Waals surface area (Å²) in [7, 11) is -3.36. The number of carbonyl (C=O) groups excluding carboxylic acids is 1. The Kier molecular flexibility index (Phi) is 7.99. The minimum atomic E-state index is -3.36. The molecule has 4 N–H and O–H groups in total. The molecule has 8 heteroatoms. The van der Waals surface area contributed by atoms with Gasteiger partial charge in [-0.15, -0.1) is 12.4 Å². The van der Waals surface area contributed by atoms with E-state index >= 15 is 0 Å². The van der Waals surface area contributed by atoms with Crippen LogP contribution in [0, 0.1) is 5.92 Å².